The van der Waals surface area contributed by atoms with Gasteiger partial charge in [-0.1, -0.05) is 23.7 Å². The maximum absolute atomic E-state index is 13.4. The molecule has 1 amide bonds. The number of hydrogen-bond donors (Lipinski definition) is 1. The number of cyclic esters (lactones) is 1. The van der Waals surface area contributed by atoms with Crippen molar-refractivity contribution in [1.29, 1.82) is 0 Å². The summed E-state index contributed by atoms with van der Waals surface area (Å²) < 4.78 is 18.7. The summed E-state index contributed by atoms with van der Waals surface area (Å²) in [6, 6.07) is 10.5. The Balaban J connectivity index is 1.89. The van der Waals surface area contributed by atoms with Gasteiger partial charge < -0.3 is 10.1 Å². The van der Waals surface area contributed by atoms with Crippen LogP contribution in [0.2, 0.25) is 5.02 Å². The van der Waals surface area contributed by atoms with Crippen molar-refractivity contribution in [2.45, 2.75) is 18.9 Å². The highest BCUT2D eigenvalue weighted by Crippen LogP contribution is 2.31. The number of halogens is 2. The Morgan fingerprint density at radius 3 is 2.78 bits per heavy atom. The molecule has 0 saturated carbocycles. The quantitative estimate of drug-likeness (QED) is 0.854. The fraction of sp³-hybridized carbons (Fsp3) is 0.176. The first-order valence-electron chi connectivity index (χ1n) is 6.97. The standard InChI is InChI=1S/C17H13ClFNO3/c1-17(16(22)20-14-5-3-2-4-13(14)18)9-10-8-11(19)6-7-12(10)15(21)23-17/h2-8H,9H2,1H3,(H,20,22). The van der Waals surface area contributed by atoms with E-state index < -0.39 is 23.3 Å². The fourth-order valence-corrected chi connectivity index (χ4v) is 2.69. The van der Waals surface area contributed by atoms with E-state index in [1.807, 2.05) is 0 Å². The number of esters is 1. The average molecular weight is 334 g/mol. The fourth-order valence-electron chi connectivity index (χ4n) is 2.51. The predicted octanol–water partition coefficient (Wildman–Crippen LogP) is 3.59. The number of anilines is 1. The van der Waals surface area contributed by atoms with Crippen molar-refractivity contribution in [1.82, 2.24) is 0 Å². The first kappa shape index (κ1) is 15.5. The lowest BCUT2D eigenvalue weighted by Crippen LogP contribution is -2.49. The highest BCUT2D eigenvalue weighted by atomic mass is 35.5. The molecule has 4 nitrogen and oxygen atoms in total. The summed E-state index contributed by atoms with van der Waals surface area (Å²) in [5.41, 5.74) is -0.300. The van der Waals surface area contributed by atoms with Crippen LogP contribution < -0.4 is 5.32 Å². The summed E-state index contributed by atoms with van der Waals surface area (Å²) in [4.78, 5) is 24.6. The molecule has 23 heavy (non-hydrogen) atoms. The van der Waals surface area contributed by atoms with Gasteiger partial charge in [0.05, 0.1) is 16.3 Å². The molecule has 0 aromatic heterocycles. The third kappa shape index (κ3) is 2.92. The molecule has 1 aliphatic rings. The van der Waals surface area contributed by atoms with E-state index >= 15 is 0 Å². The van der Waals surface area contributed by atoms with Gasteiger partial charge in [-0.15, -0.1) is 0 Å². The van der Waals surface area contributed by atoms with Gasteiger partial charge in [0.1, 0.15) is 5.82 Å². The van der Waals surface area contributed by atoms with Crippen LogP contribution in [0.3, 0.4) is 0 Å². The number of amides is 1. The molecule has 6 heteroatoms. The van der Waals surface area contributed by atoms with Gasteiger partial charge in [0.15, 0.2) is 5.60 Å². The number of carbonyl (C=O) groups excluding carboxylic acids is 2. The Morgan fingerprint density at radius 2 is 2.04 bits per heavy atom. The van der Waals surface area contributed by atoms with Gasteiger partial charge in [0.25, 0.3) is 5.91 Å². The number of rotatable bonds is 2. The van der Waals surface area contributed by atoms with Crippen molar-refractivity contribution in [3.63, 3.8) is 0 Å². The van der Waals surface area contributed by atoms with E-state index in [1.165, 1.54) is 25.1 Å². The van der Waals surface area contributed by atoms with Crippen LogP contribution in [-0.4, -0.2) is 17.5 Å². The topological polar surface area (TPSA) is 55.4 Å². The van der Waals surface area contributed by atoms with Crippen molar-refractivity contribution in [3.8, 4) is 0 Å². The minimum absolute atomic E-state index is 0.0854. The molecule has 0 aliphatic carbocycles. The first-order valence-corrected chi connectivity index (χ1v) is 7.34. The summed E-state index contributed by atoms with van der Waals surface area (Å²) in [7, 11) is 0. The lowest BCUT2D eigenvalue weighted by molar-refractivity contribution is -0.134. The monoisotopic (exact) mass is 333 g/mol. The Hall–Kier alpha value is -2.40. The summed E-state index contributed by atoms with van der Waals surface area (Å²) in [6.07, 6.45) is 0.0854. The normalized spacial score (nSPS) is 19.7. The van der Waals surface area contributed by atoms with E-state index in [0.717, 1.165) is 0 Å². The summed E-state index contributed by atoms with van der Waals surface area (Å²) in [6.45, 7) is 1.49. The van der Waals surface area contributed by atoms with E-state index in [0.29, 0.717) is 16.3 Å². The maximum Gasteiger partial charge on any atom is 0.339 e. The molecular formula is C17H13ClFNO3. The highest BCUT2D eigenvalue weighted by molar-refractivity contribution is 6.33. The molecule has 2 aromatic carbocycles. The van der Waals surface area contributed by atoms with Crippen LogP contribution in [0.1, 0.15) is 22.8 Å². The van der Waals surface area contributed by atoms with Crippen molar-refractivity contribution < 1.29 is 18.7 Å². The zero-order chi connectivity index (χ0) is 16.6. The summed E-state index contributed by atoms with van der Waals surface area (Å²) in [5.74, 6) is -1.63. The average Bonchev–Trinajstić information content (AvgIpc) is 2.48. The summed E-state index contributed by atoms with van der Waals surface area (Å²) in [5, 5.41) is 3.02. The van der Waals surface area contributed by atoms with Crippen molar-refractivity contribution >= 4 is 29.2 Å². The second-order valence-corrected chi connectivity index (χ2v) is 5.94. The van der Waals surface area contributed by atoms with Crippen molar-refractivity contribution in [2.24, 2.45) is 0 Å². The number of carbonyl (C=O) groups is 2. The number of ether oxygens (including phenoxy) is 1. The van der Waals surface area contributed by atoms with Gasteiger partial charge in [-0.2, -0.15) is 0 Å². The number of benzene rings is 2. The molecule has 0 saturated heterocycles. The molecular weight excluding hydrogens is 321 g/mol. The number of fused-ring (bicyclic) bond motifs is 1. The van der Waals surface area contributed by atoms with Gasteiger partial charge in [-0.25, -0.2) is 9.18 Å². The third-order valence-corrected chi connectivity index (χ3v) is 4.06. The molecule has 3 rings (SSSR count). The van der Waals surface area contributed by atoms with Crippen LogP contribution in [-0.2, 0) is 16.0 Å². The Kier molecular flexibility index (Phi) is 3.82. The van der Waals surface area contributed by atoms with E-state index in [4.69, 9.17) is 16.3 Å². The van der Waals surface area contributed by atoms with Gasteiger partial charge >= 0.3 is 5.97 Å². The largest absolute Gasteiger partial charge is 0.445 e. The first-order chi connectivity index (χ1) is 10.9. The predicted molar refractivity (Wildman–Crippen MR) is 84.0 cm³/mol. The molecule has 1 aliphatic heterocycles. The third-order valence-electron chi connectivity index (χ3n) is 3.74. The van der Waals surface area contributed by atoms with E-state index in [-0.39, 0.29) is 12.0 Å². The highest BCUT2D eigenvalue weighted by Gasteiger charge is 2.43. The van der Waals surface area contributed by atoms with Gasteiger partial charge in [0.2, 0.25) is 0 Å². The Morgan fingerprint density at radius 1 is 1.30 bits per heavy atom. The second kappa shape index (κ2) is 5.66. The van der Waals surface area contributed by atoms with Gasteiger partial charge in [-0.3, -0.25) is 4.79 Å². The number of para-hydroxylation sites is 1. The summed E-state index contributed by atoms with van der Waals surface area (Å²) >= 11 is 6.01. The van der Waals surface area contributed by atoms with Gasteiger partial charge in [-0.05, 0) is 42.8 Å². The molecule has 0 fully saturated rings. The van der Waals surface area contributed by atoms with E-state index in [1.54, 1.807) is 24.3 Å². The molecule has 0 bridgehead atoms. The zero-order valence-electron chi connectivity index (χ0n) is 12.2. The van der Waals surface area contributed by atoms with Crippen LogP contribution in [0, 0.1) is 5.82 Å². The van der Waals surface area contributed by atoms with E-state index in [9.17, 15) is 14.0 Å². The zero-order valence-corrected chi connectivity index (χ0v) is 13.0. The molecule has 1 N–H and O–H groups in total. The van der Waals surface area contributed by atoms with Crippen molar-refractivity contribution in [3.05, 3.63) is 64.4 Å². The molecule has 0 spiro atoms. The lowest BCUT2D eigenvalue weighted by atomic mass is 9.89. The Labute approximate surface area is 137 Å². The maximum atomic E-state index is 13.4. The minimum Gasteiger partial charge on any atom is -0.445 e. The number of nitrogens with one attached hydrogen (secondary N) is 1. The van der Waals surface area contributed by atoms with E-state index in [2.05, 4.69) is 5.32 Å². The molecule has 118 valence electrons. The second-order valence-electron chi connectivity index (χ2n) is 5.53. The molecule has 1 atom stereocenters. The smallest absolute Gasteiger partial charge is 0.339 e. The van der Waals surface area contributed by atoms with Crippen LogP contribution in [0.25, 0.3) is 0 Å². The van der Waals surface area contributed by atoms with Crippen LogP contribution >= 0.6 is 11.6 Å². The van der Waals surface area contributed by atoms with Crippen molar-refractivity contribution in [2.75, 3.05) is 5.32 Å². The SMILES string of the molecule is CC1(C(=O)Nc2ccccc2Cl)Cc2cc(F)ccc2C(=O)O1. The molecule has 1 heterocycles. The molecule has 2 aromatic rings. The van der Waals surface area contributed by atoms with Crippen LogP contribution in [0.15, 0.2) is 42.5 Å². The van der Waals surface area contributed by atoms with Crippen LogP contribution in [0.5, 0.6) is 0 Å². The molecule has 0 radical (unpaired) electrons. The number of hydrogen-bond acceptors (Lipinski definition) is 3. The Bertz CT molecular complexity index is 808. The minimum atomic E-state index is -1.43. The lowest BCUT2D eigenvalue weighted by Gasteiger charge is -2.33. The molecule has 1 unspecified atom stereocenters. The van der Waals surface area contributed by atoms with Gasteiger partial charge in [0, 0.05) is 6.42 Å². The van der Waals surface area contributed by atoms with Crippen LogP contribution in [0.4, 0.5) is 10.1 Å².